The Hall–Kier alpha value is -1.88. The number of aryl methyl sites for hydroxylation is 1. The highest BCUT2D eigenvalue weighted by molar-refractivity contribution is 5.81. The second kappa shape index (κ2) is 8.86. The molecule has 0 N–H and O–H groups in total. The molecular weight excluding hydrogens is 362 g/mol. The summed E-state index contributed by atoms with van der Waals surface area (Å²) in [7, 11) is 1.93. The highest BCUT2D eigenvalue weighted by Crippen LogP contribution is 2.33. The average molecular weight is 398 g/mol. The molecule has 29 heavy (non-hydrogen) atoms. The summed E-state index contributed by atoms with van der Waals surface area (Å²) in [6, 6.07) is 8.97. The van der Waals surface area contributed by atoms with Crippen molar-refractivity contribution in [1.82, 2.24) is 14.7 Å². The standard InChI is InChI=1S/C24H35N3O2/c1-18-5-7-19(8-6-18)16-25(2)23(28)21-4-3-13-27(17-21)22-11-14-26(15-12-22)24(29)20-9-10-20/h5-8,20-22H,3-4,9-17H2,1-2H3. The molecule has 4 rings (SSSR count). The summed E-state index contributed by atoms with van der Waals surface area (Å²) in [5.41, 5.74) is 2.43. The number of rotatable bonds is 5. The van der Waals surface area contributed by atoms with Gasteiger partial charge in [-0.25, -0.2) is 0 Å². The summed E-state index contributed by atoms with van der Waals surface area (Å²) in [4.78, 5) is 31.9. The first kappa shape index (κ1) is 20.4. The van der Waals surface area contributed by atoms with E-state index < -0.39 is 0 Å². The van der Waals surface area contributed by atoms with Gasteiger partial charge >= 0.3 is 0 Å². The van der Waals surface area contributed by atoms with Crippen LogP contribution in [0.3, 0.4) is 0 Å². The Morgan fingerprint density at radius 3 is 2.31 bits per heavy atom. The number of likely N-dealkylation sites (tertiary alicyclic amines) is 2. The van der Waals surface area contributed by atoms with Gasteiger partial charge in [-0.3, -0.25) is 14.5 Å². The van der Waals surface area contributed by atoms with Gasteiger partial charge in [0, 0.05) is 45.2 Å². The van der Waals surface area contributed by atoms with Crippen LogP contribution in [0.25, 0.3) is 0 Å². The third-order valence-corrected chi connectivity index (χ3v) is 6.94. The topological polar surface area (TPSA) is 43.9 Å². The van der Waals surface area contributed by atoms with E-state index in [0.717, 1.165) is 64.7 Å². The fourth-order valence-electron chi connectivity index (χ4n) is 4.94. The van der Waals surface area contributed by atoms with Crippen LogP contribution >= 0.6 is 0 Å². The van der Waals surface area contributed by atoms with E-state index in [1.807, 2.05) is 11.9 Å². The lowest BCUT2D eigenvalue weighted by molar-refractivity contribution is -0.137. The zero-order valence-corrected chi connectivity index (χ0v) is 18.0. The van der Waals surface area contributed by atoms with Gasteiger partial charge in [-0.15, -0.1) is 0 Å². The summed E-state index contributed by atoms with van der Waals surface area (Å²) in [6.07, 6.45) is 6.37. The molecule has 5 heteroatoms. The lowest BCUT2D eigenvalue weighted by Crippen LogP contribution is -2.51. The summed E-state index contributed by atoms with van der Waals surface area (Å²) in [6.45, 7) is 6.51. The number of hydrogen-bond donors (Lipinski definition) is 0. The number of nitrogens with zero attached hydrogens (tertiary/aromatic N) is 3. The first-order chi connectivity index (χ1) is 14.0. The van der Waals surface area contributed by atoms with Gasteiger partial charge in [0.25, 0.3) is 0 Å². The minimum Gasteiger partial charge on any atom is -0.342 e. The van der Waals surface area contributed by atoms with Gasteiger partial charge in [-0.05, 0) is 57.6 Å². The number of carbonyl (C=O) groups is 2. The maximum Gasteiger partial charge on any atom is 0.227 e. The van der Waals surface area contributed by atoms with Gasteiger partial charge in [-0.2, -0.15) is 0 Å². The maximum absolute atomic E-state index is 13.1. The zero-order chi connectivity index (χ0) is 20.4. The molecule has 0 bridgehead atoms. The molecule has 0 aromatic heterocycles. The highest BCUT2D eigenvalue weighted by atomic mass is 16.2. The normalized spacial score (nSPS) is 23.8. The maximum atomic E-state index is 13.1. The van der Waals surface area contributed by atoms with Crippen molar-refractivity contribution in [3.8, 4) is 0 Å². The van der Waals surface area contributed by atoms with Crippen molar-refractivity contribution < 1.29 is 9.59 Å². The van der Waals surface area contributed by atoms with Gasteiger partial charge in [0.05, 0.1) is 5.92 Å². The zero-order valence-electron chi connectivity index (χ0n) is 18.0. The predicted octanol–water partition coefficient (Wildman–Crippen LogP) is 3.07. The van der Waals surface area contributed by atoms with Crippen molar-refractivity contribution in [2.24, 2.45) is 11.8 Å². The number of amides is 2. The lowest BCUT2D eigenvalue weighted by Gasteiger charge is -2.42. The largest absolute Gasteiger partial charge is 0.342 e. The molecule has 3 aliphatic rings. The molecular formula is C24H35N3O2. The quantitative estimate of drug-likeness (QED) is 0.767. The van der Waals surface area contributed by atoms with Crippen molar-refractivity contribution in [2.45, 2.75) is 58.0 Å². The van der Waals surface area contributed by atoms with Crippen LogP contribution in [-0.2, 0) is 16.1 Å². The van der Waals surface area contributed by atoms with E-state index in [4.69, 9.17) is 0 Å². The van der Waals surface area contributed by atoms with Crippen LogP contribution in [0.2, 0.25) is 0 Å². The van der Waals surface area contributed by atoms with Crippen molar-refractivity contribution in [3.05, 3.63) is 35.4 Å². The first-order valence-corrected chi connectivity index (χ1v) is 11.3. The molecule has 2 aliphatic heterocycles. The van der Waals surface area contributed by atoms with Crippen LogP contribution in [0.15, 0.2) is 24.3 Å². The van der Waals surface area contributed by atoms with Crippen LogP contribution in [0.5, 0.6) is 0 Å². The van der Waals surface area contributed by atoms with E-state index >= 15 is 0 Å². The van der Waals surface area contributed by atoms with Crippen molar-refractivity contribution in [2.75, 3.05) is 33.2 Å². The molecule has 2 heterocycles. The third-order valence-electron chi connectivity index (χ3n) is 6.94. The molecule has 0 spiro atoms. The number of hydrogen-bond acceptors (Lipinski definition) is 3. The molecule has 1 aromatic carbocycles. The second-order valence-corrected chi connectivity index (χ2v) is 9.34. The predicted molar refractivity (Wildman–Crippen MR) is 114 cm³/mol. The molecule has 1 atom stereocenters. The van der Waals surface area contributed by atoms with Crippen LogP contribution in [0, 0.1) is 18.8 Å². The van der Waals surface area contributed by atoms with E-state index in [0.29, 0.717) is 24.4 Å². The minimum absolute atomic E-state index is 0.102. The second-order valence-electron chi connectivity index (χ2n) is 9.34. The Kier molecular flexibility index (Phi) is 6.23. The van der Waals surface area contributed by atoms with Gasteiger partial charge in [-0.1, -0.05) is 29.8 Å². The van der Waals surface area contributed by atoms with E-state index in [2.05, 4.69) is 41.0 Å². The van der Waals surface area contributed by atoms with Gasteiger partial charge < -0.3 is 9.80 Å². The van der Waals surface area contributed by atoms with E-state index in [1.165, 1.54) is 11.1 Å². The lowest BCUT2D eigenvalue weighted by atomic mass is 9.92. The molecule has 1 aromatic rings. The summed E-state index contributed by atoms with van der Waals surface area (Å²) >= 11 is 0. The molecule has 1 aliphatic carbocycles. The number of benzene rings is 1. The number of piperidine rings is 2. The van der Waals surface area contributed by atoms with Gasteiger partial charge in [0.2, 0.25) is 11.8 Å². The monoisotopic (exact) mass is 397 g/mol. The van der Waals surface area contributed by atoms with Crippen molar-refractivity contribution in [3.63, 3.8) is 0 Å². The fourth-order valence-corrected chi connectivity index (χ4v) is 4.94. The summed E-state index contributed by atoms with van der Waals surface area (Å²) in [5, 5.41) is 0. The Labute approximate surface area is 175 Å². The molecule has 0 radical (unpaired) electrons. The summed E-state index contributed by atoms with van der Waals surface area (Å²) < 4.78 is 0. The fraction of sp³-hybridized carbons (Fsp3) is 0.667. The smallest absolute Gasteiger partial charge is 0.227 e. The third kappa shape index (κ3) is 5.00. The molecule has 5 nitrogen and oxygen atoms in total. The Bertz CT molecular complexity index is 720. The summed E-state index contributed by atoms with van der Waals surface area (Å²) in [5.74, 6) is 1.09. The highest BCUT2D eigenvalue weighted by Gasteiger charge is 2.37. The van der Waals surface area contributed by atoms with Gasteiger partial charge in [0.1, 0.15) is 0 Å². The van der Waals surface area contributed by atoms with Crippen LogP contribution in [0.4, 0.5) is 0 Å². The van der Waals surface area contributed by atoms with Crippen molar-refractivity contribution in [1.29, 1.82) is 0 Å². The molecule has 2 amide bonds. The Morgan fingerprint density at radius 1 is 0.966 bits per heavy atom. The van der Waals surface area contributed by atoms with E-state index in [9.17, 15) is 9.59 Å². The van der Waals surface area contributed by atoms with Crippen LogP contribution < -0.4 is 0 Å². The molecule has 3 fully saturated rings. The Balaban J connectivity index is 1.28. The van der Waals surface area contributed by atoms with E-state index in [1.54, 1.807) is 0 Å². The van der Waals surface area contributed by atoms with Crippen LogP contribution in [0.1, 0.15) is 49.7 Å². The SMILES string of the molecule is Cc1ccc(CN(C)C(=O)C2CCCN(C3CCN(C(=O)C4CC4)CC3)C2)cc1. The first-order valence-electron chi connectivity index (χ1n) is 11.3. The van der Waals surface area contributed by atoms with E-state index in [-0.39, 0.29) is 11.8 Å². The molecule has 2 saturated heterocycles. The van der Waals surface area contributed by atoms with Crippen LogP contribution in [-0.4, -0.2) is 65.8 Å². The van der Waals surface area contributed by atoms with Gasteiger partial charge in [0.15, 0.2) is 0 Å². The molecule has 158 valence electrons. The average Bonchev–Trinajstić information content (AvgIpc) is 3.60. The minimum atomic E-state index is 0.102. The Morgan fingerprint density at radius 2 is 1.66 bits per heavy atom. The van der Waals surface area contributed by atoms with Crippen molar-refractivity contribution >= 4 is 11.8 Å². The molecule has 1 unspecified atom stereocenters. The number of carbonyl (C=O) groups excluding carboxylic acids is 2. The molecule has 1 saturated carbocycles.